The molecule has 1 aliphatic heterocycles. The van der Waals surface area contributed by atoms with Crippen LogP contribution in [0.25, 0.3) is 0 Å². The number of piperidine rings is 1. The molecule has 1 aliphatic rings. The Balaban J connectivity index is 2.04. The van der Waals surface area contributed by atoms with Crippen molar-refractivity contribution in [1.82, 2.24) is 14.3 Å². The second kappa shape index (κ2) is 7.17. The molecule has 1 aromatic heterocycles. The van der Waals surface area contributed by atoms with Crippen molar-refractivity contribution < 1.29 is 8.42 Å². The van der Waals surface area contributed by atoms with Gasteiger partial charge in [0.05, 0.1) is 12.4 Å². The van der Waals surface area contributed by atoms with Crippen LogP contribution in [-0.2, 0) is 10.0 Å². The van der Waals surface area contributed by atoms with Crippen LogP contribution in [0.15, 0.2) is 17.3 Å². The number of hydrogen-bond acceptors (Lipinski definition) is 5. The smallest absolute Gasteiger partial charge is 0.246 e. The van der Waals surface area contributed by atoms with Gasteiger partial charge in [0, 0.05) is 19.6 Å². The van der Waals surface area contributed by atoms with E-state index < -0.39 is 10.0 Å². The number of nitrogens with one attached hydrogen (secondary N) is 1. The molecule has 21 heavy (non-hydrogen) atoms. The number of nitrogens with zero attached hydrogens (tertiary/aromatic N) is 3. The first kappa shape index (κ1) is 16.2. The molecule has 0 unspecified atom stereocenters. The predicted molar refractivity (Wildman–Crippen MR) is 82.6 cm³/mol. The summed E-state index contributed by atoms with van der Waals surface area (Å²) in [6.45, 7) is 6.02. The first-order valence-electron chi connectivity index (χ1n) is 7.64. The molecule has 0 spiro atoms. The van der Waals surface area contributed by atoms with Gasteiger partial charge in [-0.15, -0.1) is 0 Å². The number of rotatable bonds is 6. The average molecular weight is 312 g/mol. The molecule has 1 saturated heterocycles. The Morgan fingerprint density at radius 1 is 1.24 bits per heavy atom. The van der Waals surface area contributed by atoms with Crippen LogP contribution in [0, 0.1) is 5.92 Å². The topological polar surface area (TPSA) is 75.2 Å². The quantitative estimate of drug-likeness (QED) is 0.870. The van der Waals surface area contributed by atoms with E-state index in [4.69, 9.17) is 0 Å². The van der Waals surface area contributed by atoms with Crippen molar-refractivity contribution >= 4 is 16.0 Å². The second-order valence-corrected chi connectivity index (χ2v) is 7.35. The van der Waals surface area contributed by atoms with Gasteiger partial charge in [-0.1, -0.05) is 19.8 Å². The molecule has 0 aliphatic carbocycles. The van der Waals surface area contributed by atoms with Gasteiger partial charge in [0.1, 0.15) is 4.90 Å². The number of hydrogen-bond donors (Lipinski definition) is 1. The standard InChI is InChI=1S/C14H24N4O2S/c1-3-5-12-6-8-18(9-7-12)21(19,20)13-10-16-14(15-4-2)17-11-13/h10-12H,3-9H2,1-2H3,(H,15,16,17). The minimum Gasteiger partial charge on any atom is -0.355 e. The van der Waals surface area contributed by atoms with Crippen molar-refractivity contribution in [1.29, 1.82) is 0 Å². The van der Waals surface area contributed by atoms with E-state index in [9.17, 15) is 8.42 Å². The zero-order valence-electron chi connectivity index (χ0n) is 12.7. The van der Waals surface area contributed by atoms with Gasteiger partial charge in [-0.25, -0.2) is 18.4 Å². The molecule has 1 aromatic rings. The summed E-state index contributed by atoms with van der Waals surface area (Å²) in [5.74, 6) is 1.12. The summed E-state index contributed by atoms with van der Waals surface area (Å²) in [6, 6.07) is 0. The Kier molecular flexibility index (Phi) is 5.52. The second-order valence-electron chi connectivity index (χ2n) is 5.41. The van der Waals surface area contributed by atoms with Crippen molar-refractivity contribution in [2.24, 2.45) is 5.92 Å². The minimum atomic E-state index is -3.45. The van der Waals surface area contributed by atoms with E-state index in [0.29, 0.717) is 31.5 Å². The van der Waals surface area contributed by atoms with E-state index in [1.165, 1.54) is 18.8 Å². The molecule has 2 rings (SSSR count). The fourth-order valence-corrected chi connectivity index (χ4v) is 4.06. The van der Waals surface area contributed by atoms with Gasteiger partial charge in [-0.2, -0.15) is 4.31 Å². The summed E-state index contributed by atoms with van der Waals surface area (Å²) in [4.78, 5) is 8.27. The predicted octanol–water partition coefficient (Wildman–Crippen LogP) is 2.11. The fourth-order valence-electron chi connectivity index (χ4n) is 2.69. The molecule has 0 amide bonds. The lowest BCUT2D eigenvalue weighted by atomic mass is 9.94. The molecule has 0 saturated carbocycles. The molecule has 6 nitrogen and oxygen atoms in total. The third-order valence-electron chi connectivity index (χ3n) is 3.87. The maximum Gasteiger partial charge on any atom is 0.246 e. The van der Waals surface area contributed by atoms with E-state index >= 15 is 0 Å². The lowest BCUT2D eigenvalue weighted by molar-refractivity contribution is 0.262. The van der Waals surface area contributed by atoms with Gasteiger partial charge < -0.3 is 5.32 Å². The summed E-state index contributed by atoms with van der Waals surface area (Å²) in [7, 11) is -3.45. The largest absolute Gasteiger partial charge is 0.355 e. The van der Waals surface area contributed by atoms with Gasteiger partial charge in [0.15, 0.2) is 0 Å². The Labute approximate surface area is 127 Å². The Morgan fingerprint density at radius 3 is 2.38 bits per heavy atom. The van der Waals surface area contributed by atoms with Gasteiger partial charge >= 0.3 is 0 Å². The van der Waals surface area contributed by atoms with Crippen LogP contribution in [0.5, 0.6) is 0 Å². The third kappa shape index (κ3) is 3.91. The Bertz CT molecular complexity index is 537. The highest BCUT2D eigenvalue weighted by Crippen LogP contribution is 2.25. The summed E-state index contributed by atoms with van der Waals surface area (Å²) in [5.41, 5.74) is 0. The molecular formula is C14H24N4O2S. The molecule has 7 heteroatoms. The average Bonchev–Trinajstić information content (AvgIpc) is 2.49. The van der Waals surface area contributed by atoms with Gasteiger partial charge in [0.2, 0.25) is 16.0 Å². The fraction of sp³-hybridized carbons (Fsp3) is 0.714. The normalized spacial score (nSPS) is 17.8. The van der Waals surface area contributed by atoms with E-state index in [1.54, 1.807) is 4.31 Å². The van der Waals surface area contributed by atoms with Crippen LogP contribution in [0.4, 0.5) is 5.95 Å². The monoisotopic (exact) mass is 312 g/mol. The molecule has 1 fully saturated rings. The van der Waals surface area contributed by atoms with E-state index in [-0.39, 0.29) is 4.90 Å². The highest BCUT2D eigenvalue weighted by atomic mass is 32.2. The van der Waals surface area contributed by atoms with Crippen molar-refractivity contribution in [3.8, 4) is 0 Å². The summed E-state index contributed by atoms with van der Waals surface area (Å²) < 4.78 is 26.7. The zero-order chi connectivity index (χ0) is 15.3. The Morgan fingerprint density at radius 2 is 1.86 bits per heavy atom. The number of anilines is 1. The summed E-state index contributed by atoms with van der Waals surface area (Å²) in [6.07, 6.45) is 7.02. The van der Waals surface area contributed by atoms with Crippen molar-refractivity contribution in [3.63, 3.8) is 0 Å². The minimum absolute atomic E-state index is 0.179. The SMILES string of the molecule is CCCC1CCN(S(=O)(=O)c2cnc(NCC)nc2)CC1. The summed E-state index contributed by atoms with van der Waals surface area (Å²) in [5, 5.41) is 2.95. The van der Waals surface area contributed by atoms with E-state index in [1.807, 2.05) is 6.92 Å². The maximum atomic E-state index is 12.5. The molecular weight excluding hydrogens is 288 g/mol. The van der Waals surface area contributed by atoms with E-state index in [2.05, 4.69) is 22.2 Å². The number of aromatic nitrogens is 2. The van der Waals surface area contributed by atoms with Gasteiger partial charge in [-0.3, -0.25) is 0 Å². The molecule has 2 heterocycles. The molecule has 0 radical (unpaired) electrons. The molecule has 0 aromatic carbocycles. The summed E-state index contributed by atoms with van der Waals surface area (Å²) >= 11 is 0. The Hall–Kier alpha value is -1.21. The van der Waals surface area contributed by atoms with Crippen molar-refractivity contribution in [2.75, 3.05) is 25.0 Å². The van der Waals surface area contributed by atoms with Crippen LogP contribution >= 0.6 is 0 Å². The van der Waals surface area contributed by atoms with Gasteiger partial charge in [-0.05, 0) is 25.7 Å². The van der Waals surface area contributed by atoms with Crippen LogP contribution in [0.3, 0.4) is 0 Å². The lowest BCUT2D eigenvalue weighted by Crippen LogP contribution is -2.38. The molecule has 0 atom stereocenters. The van der Waals surface area contributed by atoms with Crippen molar-refractivity contribution in [3.05, 3.63) is 12.4 Å². The maximum absolute atomic E-state index is 12.5. The van der Waals surface area contributed by atoms with Crippen molar-refractivity contribution in [2.45, 2.75) is 44.4 Å². The highest BCUT2D eigenvalue weighted by molar-refractivity contribution is 7.89. The van der Waals surface area contributed by atoms with E-state index in [0.717, 1.165) is 19.3 Å². The van der Waals surface area contributed by atoms with Crippen LogP contribution < -0.4 is 5.32 Å². The first-order chi connectivity index (χ1) is 10.1. The molecule has 0 bridgehead atoms. The van der Waals surface area contributed by atoms with Gasteiger partial charge in [0.25, 0.3) is 0 Å². The molecule has 1 N–H and O–H groups in total. The molecule has 118 valence electrons. The first-order valence-corrected chi connectivity index (χ1v) is 9.08. The lowest BCUT2D eigenvalue weighted by Gasteiger charge is -2.30. The number of sulfonamides is 1. The van der Waals surface area contributed by atoms with Crippen LogP contribution in [-0.4, -0.2) is 42.3 Å². The zero-order valence-corrected chi connectivity index (χ0v) is 13.6. The van der Waals surface area contributed by atoms with Crippen LogP contribution in [0.2, 0.25) is 0 Å². The highest BCUT2D eigenvalue weighted by Gasteiger charge is 2.29. The third-order valence-corrected chi connectivity index (χ3v) is 5.72. The van der Waals surface area contributed by atoms with Crippen LogP contribution in [0.1, 0.15) is 39.5 Å².